The Balaban J connectivity index is 1.78. The number of nitrogens with zero attached hydrogens (tertiary/aromatic N) is 1. The normalized spacial score (nSPS) is 14.1. The number of urea groups is 1. The zero-order chi connectivity index (χ0) is 22.7. The summed E-state index contributed by atoms with van der Waals surface area (Å²) in [5, 5.41) is 3.15. The number of imide groups is 1. The number of pyridine rings is 1. The molecule has 0 aliphatic heterocycles. The molecule has 0 saturated heterocycles. The molecular weight excluding hydrogens is 430 g/mol. The van der Waals surface area contributed by atoms with Gasteiger partial charge in [0.1, 0.15) is 0 Å². The third-order valence-electron chi connectivity index (χ3n) is 5.21. The van der Waals surface area contributed by atoms with Crippen LogP contribution in [0.1, 0.15) is 40.0 Å². The van der Waals surface area contributed by atoms with Gasteiger partial charge in [-0.3, -0.25) is 10.1 Å². The number of rotatable bonds is 4. The second-order valence-corrected chi connectivity index (χ2v) is 7.77. The van der Waals surface area contributed by atoms with Crippen molar-refractivity contribution in [2.24, 2.45) is 5.73 Å². The van der Waals surface area contributed by atoms with Gasteiger partial charge in [0.25, 0.3) is 5.91 Å². The number of halogens is 1. The summed E-state index contributed by atoms with van der Waals surface area (Å²) in [5.74, 6) is -1.45. The van der Waals surface area contributed by atoms with E-state index in [1.54, 1.807) is 6.07 Å². The molecule has 3 aromatic rings. The van der Waals surface area contributed by atoms with Crippen molar-refractivity contribution in [3.8, 4) is 0 Å². The third-order valence-corrected chi connectivity index (χ3v) is 5.55. The monoisotopic (exact) mass is 449 g/mol. The Kier molecular flexibility index (Phi) is 6.18. The first-order chi connectivity index (χ1) is 15.4. The highest BCUT2D eigenvalue weighted by Crippen LogP contribution is 2.37. The number of para-hydroxylation sites is 1. The summed E-state index contributed by atoms with van der Waals surface area (Å²) in [5.41, 5.74) is 9.30. The SMILES string of the molecule is NC(=O)NC(=O)COC(=O)c1c2c(nc3ccccc13)/C(=C/c1ccccc1Cl)CCC2. The molecule has 1 heterocycles. The van der Waals surface area contributed by atoms with E-state index in [2.05, 4.69) is 0 Å². The predicted octanol–water partition coefficient (Wildman–Crippen LogP) is 4.12. The largest absolute Gasteiger partial charge is 0.452 e. The number of hydrogen-bond donors (Lipinski definition) is 2. The van der Waals surface area contributed by atoms with Gasteiger partial charge in [-0.1, -0.05) is 48.0 Å². The van der Waals surface area contributed by atoms with Gasteiger partial charge in [0.15, 0.2) is 6.61 Å². The van der Waals surface area contributed by atoms with Crippen LogP contribution in [0.4, 0.5) is 4.79 Å². The molecule has 0 bridgehead atoms. The van der Waals surface area contributed by atoms with E-state index < -0.39 is 24.5 Å². The minimum atomic E-state index is -1.01. The maximum Gasteiger partial charge on any atom is 0.339 e. The van der Waals surface area contributed by atoms with Crippen molar-refractivity contribution >= 4 is 52.1 Å². The average molecular weight is 450 g/mol. The van der Waals surface area contributed by atoms with Crippen LogP contribution in [0, 0.1) is 0 Å². The van der Waals surface area contributed by atoms with Crippen molar-refractivity contribution in [2.45, 2.75) is 19.3 Å². The van der Waals surface area contributed by atoms with E-state index >= 15 is 0 Å². The zero-order valence-electron chi connectivity index (χ0n) is 17.1. The first-order valence-electron chi connectivity index (χ1n) is 10.1. The number of nitrogens with two attached hydrogens (primary N) is 1. The highest BCUT2D eigenvalue weighted by molar-refractivity contribution is 6.32. The molecule has 1 aliphatic rings. The number of carbonyl (C=O) groups excluding carboxylic acids is 3. The van der Waals surface area contributed by atoms with Crippen LogP contribution < -0.4 is 11.1 Å². The van der Waals surface area contributed by atoms with Crippen molar-refractivity contribution in [3.05, 3.63) is 75.9 Å². The van der Waals surface area contributed by atoms with Crippen molar-refractivity contribution in [1.29, 1.82) is 0 Å². The van der Waals surface area contributed by atoms with Gasteiger partial charge in [-0.25, -0.2) is 14.6 Å². The van der Waals surface area contributed by atoms with Crippen LogP contribution in [0.5, 0.6) is 0 Å². The van der Waals surface area contributed by atoms with Crippen LogP contribution in [0.3, 0.4) is 0 Å². The molecule has 0 saturated carbocycles. The van der Waals surface area contributed by atoms with E-state index in [-0.39, 0.29) is 0 Å². The maximum atomic E-state index is 13.1. The number of hydrogen-bond acceptors (Lipinski definition) is 5. The predicted molar refractivity (Wildman–Crippen MR) is 122 cm³/mol. The molecular formula is C24H20ClN3O4. The lowest BCUT2D eigenvalue weighted by Crippen LogP contribution is -2.37. The molecule has 1 aliphatic carbocycles. The highest BCUT2D eigenvalue weighted by atomic mass is 35.5. The molecule has 8 heteroatoms. The Morgan fingerprint density at radius 3 is 2.62 bits per heavy atom. The number of allylic oxidation sites excluding steroid dienone is 1. The summed E-state index contributed by atoms with van der Waals surface area (Å²) in [7, 11) is 0. The van der Waals surface area contributed by atoms with Crippen LogP contribution in [0.25, 0.3) is 22.6 Å². The van der Waals surface area contributed by atoms with Crippen LogP contribution in [-0.2, 0) is 16.0 Å². The van der Waals surface area contributed by atoms with Crippen molar-refractivity contribution in [2.75, 3.05) is 6.61 Å². The van der Waals surface area contributed by atoms with Crippen molar-refractivity contribution in [1.82, 2.24) is 10.3 Å². The minimum Gasteiger partial charge on any atom is -0.452 e. The lowest BCUT2D eigenvalue weighted by molar-refractivity contribution is -0.123. The molecule has 0 fully saturated rings. The van der Waals surface area contributed by atoms with E-state index in [1.807, 2.05) is 53.9 Å². The number of fused-ring (bicyclic) bond motifs is 2. The number of ether oxygens (including phenoxy) is 1. The summed E-state index contributed by atoms with van der Waals surface area (Å²) in [6.45, 7) is -0.616. The molecule has 0 atom stereocenters. The summed E-state index contributed by atoms with van der Waals surface area (Å²) in [4.78, 5) is 40.4. The first kappa shape index (κ1) is 21.5. The standard InChI is InChI=1S/C24H20ClN3O4/c25-18-10-3-1-6-14(18)12-15-7-5-9-17-21(23(30)32-13-20(29)28-24(26)31)16-8-2-4-11-19(16)27-22(15)17/h1-4,6,8,10-12H,5,7,9,13H2,(H3,26,28,29,31)/b15-12+. The van der Waals surface area contributed by atoms with E-state index in [0.717, 1.165) is 35.2 Å². The lowest BCUT2D eigenvalue weighted by atomic mass is 9.86. The highest BCUT2D eigenvalue weighted by Gasteiger charge is 2.26. The van der Waals surface area contributed by atoms with E-state index in [4.69, 9.17) is 27.1 Å². The lowest BCUT2D eigenvalue weighted by Gasteiger charge is -2.22. The van der Waals surface area contributed by atoms with E-state index in [1.165, 1.54) is 0 Å². The smallest absolute Gasteiger partial charge is 0.339 e. The fourth-order valence-electron chi connectivity index (χ4n) is 3.86. The zero-order valence-corrected chi connectivity index (χ0v) is 17.8. The summed E-state index contributed by atoms with van der Waals surface area (Å²) >= 11 is 6.34. The molecule has 3 N–H and O–H groups in total. The Hall–Kier alpha value is -3.71. The first-order valence-corrected chi connectivity index (χ1v) is 10.5. The molecule has 0 radical (unpaired) electrons. The number of esters is 1. The molecule has 1 aromatic heterocycles. The number of aromatic nitrogens is 1. The Morgan fingerprint density at radius 2 is 1.84 bits per heavy atom. The van der Waals surface area contributed by atoms with E-state index in [9.17, 15) is 14.4 Å². The van der Waals surface area contributed by atoms with Crippen LogP contribution in [0.2, 0.25) is 5.02 Å². The molecule has 3 amide bonds. The quantitative estimate of drug-likeness (QED) is 0.582. The topological polar surface area (TPSA) is 111 Å². The molecule has 32 heavy (non-hydrogen) atoms. The van der Waals surface area contributed by atoms with Crippen LogP contribution >= 0.6 is 11.6 Å². The van der Waals surface area contributed by atoms with Gasteiger partial charge in [-0.2, -0.15) is 0 Å². The Bertz CT molecular complexity index is 1270. The van der Waals surface area contributed by atoms with Crippen molar-refractivity contribution in [3.63, 3.8) is 0 Å². The molecule has 7 nitrogen and oxygen atoms in total. The second kappa shape index (κ2) is 9.20. The fraction of sp³-hybridized carbons (Fsp3) is 0.167. The van der Waals surface area contributed by atoms with Crippen molar-refractivity contribution < 1.29 is 19.1 Å². The van der Waals surface area contributed by atoms with Gasteiger partial charge in [0.05, 0.1) is 16.8 Å². The fourth-order valence-corrected chi connectivity index (χ4v) is 4.06. The van der Waals surface area contributed by atoms with Gasteiger partial charge in [0, 0.05) is 10.4 Å². The van der Waals surface area contributed by atoms with E-state index in [0.29, 0.717) is 27.9 Å². The van der Waals surface area contributed by atoms with Gasteiger partial charge in [-0.05, 0) is 54.2 Å². The average Bonchev–Trinajstić information content (AvgIpc) is 2.77. The second-order valence-electron chi connectivity index (χ2n) is 7.36. The Morgan fingerprint density at radius 1 is 1.09 bits per heavy atom. The van der Waals surface area contributed by atoms with Gasteiger partial charge in [0.2, 0.25) is 0 Å². The number of amides is 3. The Labute approximate surface area is 189 Å². The molecule has 0 spiro atoms. The number of primary amides is 1. The molecule has 2 aromatic carbocycles. The summed E-state index contributed by atoms with van der Waals surface area (Å²) < 4.78 is 5.21. The molecule has 162 valence electrons. The minimum absolute atomic E-state index is 0.377. The molecule has 0 unspecified atom stereocenters. The summed E-state index contributed by atoms with van der Waals surface area (Å²) in [6, 6.07) is 13.8. The number of nitrogens with one attached hydrogen (secondary N) is 1. The summed E-state index contributed by atoms with van der Waals surface area (Å²) in [6.07, 6.45) is 4.26. The van der Waals surface area contributed by atoms with Crippen LogP contribution in [0.15, 0.2) is 48.5 Å². The van der Waals surface area contributed by atoms with Gasteiger partial charge in [-0.15, -0.1) is 0 Å². The molecule has 4 rings (SSSR count). The number of benzene rings is 2. The van der Waals surface area contributed by atoms with Gasteiger partial charge >= 0.3 is 12.0 Å². The number of carbonyl (C=O) groups is 3. The third kappa shape index (κ3) is 4.48. The van der Waals surface area contributed by atoms with Crippen LogP contribution in [-0.4, -0.2) is 29.5 Å². The van der Waals surface area contributed by atoms with Gasteiger partial charge < -0.3 is 10.5 Å². The maximum absolute atomic E-state index is 13.1.